The van der Waals surface area contributed by atoms with E-state index in [1.807, 2.05) is 30.3 Å². The number of anilines is 1. The number of para-hydroxylation sites is 1. The third-order valence-electron chi connectivity index (χ3n) is 4.44. The molecule has 1 fully saturated rings. The standard InChI is InChI=1S/C20H22FNO2/c21-16-8-10-17(11-9-16)22-20(23)14-15-6-12-19(13-7-15)24-18-4-2-1-3-5-18/h1-5,8-11,15,19H,6-7,12-14H2,(H,22,23). The number of hydrogen-bond donors (Lipinski definition) is 1. The van der Waals surface area contributed by atoms with E-state index in [-0.39, 0.29) is 17.8 Å². The largest absolute Gasteiger partial charge is 0.490 e. The van der Waals surface area contributed by atoms with Gasteiger partial charge in [-0.05, 0) is 68.0 Å². The summed E-state index contributed by atoms with van der Waals surface area (Å²) in [5.74, 6) is 0.995. The molecule has 4 heteroatoms. The predicted octanol–water partition coefficient (Wildman–Crippen LogP) is 4.79. The third-order valence-corrected chi connectivity index (χ3v) is 4.44. The second-order valence-electron chi connectivity index (χ2n) is 6.33. The first-order valence-electron chi connectivity index (χ1n) is 8.46. The van der Waals surface area contributed by atoms with Crippen LogP contribution in [0.4, 0.5) is 10.1 Å². The zero-order valence-corrected chi connectivity index (χ0v) is 13.6. The first-order chi connectivity index (χ1) is 11.7. The number of rotatable bonds is 5. The summed E-state index contributed by atoms with van der Waals surface area (Å²) in [4.78, 5) is 12.1. The number of ether oxygens (including phenoxy) is 1. The lowest BCUT2D eigenvalue weighted by Crippen LogP contribution is -2.26. The minimum absolute atomic E-state index is 0.00552. The number of halogens is 1. The zero-order chi connectivity index (χ0) is 16.8. The SMILES string of the molecule is O=C(CC1CCC(Oc2ccccc2)CC1)Nc1ccc(F)cc1. The van der Waals surface area contributed by atoms with Crippen molar-refractivity contribution in [3.63, 3.8) is 0 Å². The van der Waals surface area contributed by atoms with Gasteiger partial charge in [0.2, 0.25) is 5.91 Å². The van der Waals surface area contributed by atoms with Crippen LogP contribution in [0.3, 0.4) is 0 Å². The van der Waals surface area contributed by atoms with E-state index in [9.17, 15) is 9.18 Å². The Kier molecular flexibility index (Phi) is 5.47. The molecular weight excluding hydrogens is 305 g/mol. The summed E-state index contributed by atoms with van der Waals surface area (Å²) in [6.45, 7) is 0. The van der Waals surface area contributed by atoms with Gasteiger partial charge in [0, 0.05) is 12.1 Å². The highest BCUT2D eigenvalue weighted by Gasteiger charge is 2.24. The van der Waals surface area contributed by atoms with Crippen LogP contribution >= 0.6 is 0 Å². The molecule has 1 saturated carbocycles. The van der Waals surface area contributed by atoms with Crippen LogP contribution in [0.1, 0.15) is 32.1 Å². The molecule has 0 aromatic heterocycles. The minimum atomic E-state index is -0.301. The van der Waals surface area contributed by atoms with Crippen molar-refractivity contribution in [3.8, 4) is 5.75 Å². The van der Waals surface area contributed by atoms with Crippen molar-refractivity contribution in [2.75, 3.05) is 5.32 Å². The second kappa shape index (κ2) is 7.95. The fourth-order valence-corrected chi connectivity index (χ4v) is 3.15. The van der Waals surface area contributed by atoms with Gasteiger partial charge in [-0.25, -0.2) is 4.39 Å². The lowest BCUT2D eigenvalue weighted by atomic mass is 9.85. The molecule has 0 radical (unpaired) electrons. The highest BCUT2D eigenvalue weighted by Crippen LogP contribution is 2.29. The molecule has 3 nitrogen and oxygen atoms in total. The number of nitrogens with one attached hydrogen (secondary N) is 1. The van der Waals surface area contributed by atoms with Crippen LogP contribution in [0, 0.1) is 11.7 Å². The Bertz CT molecular complexity index is 649. The van der Waals surface area contributed by atoms with Gasteiger partial charge in [-0.15, -0.1) is 0 Å². The van der Waals surface area contributed by atoms with E-state index in [1.54, 1.807) is 12.1 Å². The maximum Gasteiger partial charge on any atom is 0.224 e. The number of amides is 1. The highest BCUT2D eigenvalue weighted by molar-refractivity contribution is 5.90. The van der Waals surface area contributed by atoms with Gasteiger partial charge >= 0.3 is 0 Å². The van der Waals surface area contributed by atoms with E-state index >= 15 is 0 Å². The Morgan fingerprint density at radius 3 is 2.33 bits per heavy atom. The number of benzene rings is 2. The Morgan fingerprint density at radius 1 is 1.00 bits per heavy atom. The molecule has 1 aliphatic carbocycles. The van der Waals surface area contributed by atoms with Crippen molar-refractivity contribution in [1.82, 2.24) is 0 Å². The zero-order valence-electron chi connectivity index (χ0n) is 13.6. The van der Waals surface area contributed by atoms with Crippen LogP contribution in [-0.4, -0.2) is 12.0 Å². The first-order valence-corrected chi connectivity index (χ1v) is 8.46. The van der Waals surface area contributed by atoms with Crippen molar-refractivity contribution in [2.24, 2.45) is 5.92 Å². The highest BCUT2D eigenvalue weighted by atomic mass is 19.1. The van der Waals surface area contributed by atoms with E-state index in [0.717, 1.165) is 31.4 Å². The quantitative estimate of drug-likeness (QED) is 0.857. The van der Waals surface area contributed by atoms with Crippen molar-refractivity contribution in [3.05, 3.63) is 60.4 Å². The average Bonchev–Trinajstić information content (AvgIpc) is 2.60. The number of carbonyl (C=O) groups is 1. The first kappa shape index (κ1) is 16.5. The maximum absolute atomic E-state index is 12.9. The lowest BCUT2D eigenvalue weighted by molar-refractivity contribution is -0.117. The fraction of sp³-hybridized carbons (Fsp3) is 0.350. The van der Waals surface area contributed by atoms with E-state index < -0.39 is 0 Å². The summed E-state index contributed by atoms with van der Waals surface area (Å²) in [6, 6.07) is 15.7. The molecule has 1 aliphatic rings. The molecule has 126 valence electrons. The molecule has 2 aromatic carbocycles. The molecule has 24 heavy (non-hydrogen) atoms. The van der Waals surface area contributed by atoms with E-state index in [2.05, 4.69) is 5.32 Å². The van der Waals surface area contributed by atoms with E-state index in [1.165, 1.54) is 12.1 Å². The van der Waals surface area contributed by atoms with Gasteiger partial charge in [0.15, 0.2) is 0 Å². The number of carbonyl (C=O) groups excluding carboxylic acids is 1. The Morgan fingerprint density at radius 2 is 1.67 bits per heavy atom. The number of hydrogen-bond acceptors (Lipinski definition) is 2. The van der Waals surface area contributed by atoms with Gasteiger partial charge in [-0.2, -0.15) is 0 Å². The van der Waals surface area contributed by atoms with E-state index in [4.69, 9.17) is 4.74 Å². The third kappa shape index (κ3) is 4.82. The summed E-state index contributed by atoms with van der Waals surface area (Å²) in [5, 5.41) is 2.83. The Hall–Kier alpha value is -2.36. The monoisotopic (exact) mass is 327 g/mol. The summed E-state index contributed by atoms with van der Waals surface area (Å²) >= 11 is 0. The van der Waals surface area contributed by atoms with Crippen LogP contribution in [-0.2, 0) is 4.79 Å². The topological polar surface area (TPSA) is 38.3 Å². The second-order valence-corrected chi connectivity index (χ2v) is 6.33. The van der Waals surface area contributed by atoms with Crippen molar-refractivity contribution >= 4 is 11.6 Å². The molecule has 0 unspecified atom stereocenters. The molecule has 0 heterocycles. The van der Waals surface area contributed by atoms with Crippen LogP contribution in [0.15, 0.2) is 54.6 Å². The summed E-state index contributed by atoms with van der Waals surface area (Å²) < 4.78 is 18.8. The summed E-state index contributed by atoms with van der Waals surface area (Å²) in [6.07, 6.45) is 4.69. The van der Waals surface area contributed by atoms with Crippen molar-refractivity contribution in [1.29, 1.82) is 0 Å². The van der Waals surface area contributed by atoms with Gasteiger partial charge in [-0.3, -0.25) is 4.79 Å². The van der Waals surface area contributed by atoms with Gasteiger partial charge in [0.25, 0.3) is 0 Å². The minimum Gasteiger partial charge on any atom is -0.490 e. The molecule has 2 aromatic rings. The Labute approximate surface area is 141 Å². The lowest BCUT2D eigenvalue weighted by Gasteiger charge is -2.28. The van der Waals surface area contributed by atoms with Crippen LogP contribution in [0.5, 0.6) is 5.75 Å². The van der Waals surface area contributed by atoms with Crippen molar-refractivity contribution in [2.45, 2.75) is 38.2 Å². The molecule has 0 saturated heterocycles. The molecule has 1 N–H and O–H groups in total. The maximum atomic E-state index is 12.9. The molecule has 3 rings (SSSR count). The fourth-order valence-electron chi connectivity index (χ4n) is 3.15. The van der Waals surface area contributed by atoms with Crippen LogP contribution in [0.2, 0.25) is 0 Å². The van der Waals surface area contributed by atoms with Gasteiger partial charge in [0.05, 0.1) is 6.10 Å². The summed E-state index contributed by atoms with van der Waals surface area (Å²) in [5.41, 5.74) is 0.641. The van der Waals surface area contributed by atoms with Gasteiger partial charge < -0.3 is 10.1 Å². The molecule has 0 atom stereocenters. The molecule has 0 aliphatic heterocycles. The van der Waals surface area contributed by atoms with E-state index in [0.29, 0.717) is 18.0 Å². The van der Waals surface area contributed by atoms with Crippen LogP contribution in [0.25, 0.3) is 0 Å². The predicted molar refractivity (Wildman–Crippen MR) is 92.5 cm³/mol. The van der Waals surface area contributed by atoms with Crippen molar-refractivity contribution < 1.29 is 13.9 Å². The average molecular weight is 327 g/mol. The normalized spacial score (nSPS) is 20.4. The van der Waals surface area contributed by atoms with Gasteiger partial charge in [0.1, 0.15) is 11.6 Å². The van der Waals surface area contributed by atoms with Crippen LogP contribution < -0.4 is 10.1 Å². The molecule has 1 amide bonds. The summed E-state index contributed by atoms with van der Waals surface area (Å²) in [7, 11) is 0. The van der Waals surface area contributed by atoms with Gasteiger partial charge in [-0.1, -0.05) is 18.2 Å². The molecular formula is C20H22FNO2. The molecule has 0 bridgehead atoms. The molecule has 0 spiro atoms. The Balaban J connectivity index is 1.41. The smallest absolute Gasteiger partial charge is 0.224 e.